The Bertz CT molecular complexity index is 431. The van der Waals surface area contributed by atoms with Gasteiger partial charge in [0.15, 0.2) is 0 Å². The molecule has 1 aromatic rings. The van der Waals surface area contributed by atoms with Crippen LogP contribution in [0.2, 0.25) is 5.02 Å². The number of halogens is 1. The Hall–Kier alpha value is -0.530. The van der Waals surface area contributed by atoms with Crippen LogP contribution >= 0.6 is 11.6 Å². The van der Waals surface area contributed by atoms with E-state index in [0.29, 0.717) is 5.92 Å². The van der Waals surface area contributed by atoms with Gasteiger partial charge in [-0.2, -0.15) is 0 Å². The van der Waals surface area contributed by atoms with Crippen LogP contribution in [0.4, 0.5) is 0 Å². The van der Waals surface area contributed by atoms with Gasteiger partial charge in [0.1, 0.15) is 0 Å². The summed E-state index contributed by atoms with van der Waals surface area (Å²) in [6.45, 7) is 3.62. The van der Waals surface area contributed by atoms with Crippen LogP contribution in [-0.2, 0) is 0 Å². The quantitative estimate of drug-likeness (QED) is 0.823. The van der Waals surface area contributed by atoms with Gasteiger partial charge in [0, 0.05) is 11.1 Å². The van der Waals surface area contributed by atoms with Crippen molar-refractivity contribution in [2.45, 2.75) is 57.4 Å². The van der Waals surface area contributed by atoms with Crippen molar-refractivity contribution in [3.63, 3.8) is 0 Å². The van der Waals surface area contributed by atoms with Crippen LogP contribution in [0, 0.1) is 11.8 Å². The molecule has 0 unspecified atom stereocenters. The number of hydrogen-bond acceptors (Lipinski definition) is 1. The van der Waals surface area contributed by atoms with Gasteiger partial charge in [-0.3, -0.25) is 0 Å². The zero-order chi connectivity index (χ0) is 13.9. The second-order valence-electron chi connectivity index (χ2n) is 6.92. The molecule has 2 saturated carbocycles. The zero-order valence-electron chi connectivity index (χ0n) is 12.4. The summed E-state index contributed by atoms with van der Waals surface area (Å²) in [5, 5.41) is 4.72. The molecule has 2 fully saturated rings. The van der Waals surface area contributed by atoms with E-state index in [2.05, 4.69) is 24.4 Å². The molecule has 0 bridgehead atoms. The number of rotatable bonds is 4. The summed E-state index contributed by atoms with van der Waals surface area (Å²) >= 11 is 6.27. The Labute approximate surface area is 128 Å². The predicted octanol–water partition coefficient (Wildman–Crippen LogP) is 5.00. The second kappa shape index (κ2) is 6.49. The van der Waals surface area contributed by atoms with Crippen molar-refractivity contribution in [3.8, 4) is 0 Å². The van der Waals surface area contributed by atoms with Gasteiger partial charge in [-0.05, 0) is 61.6 Å². The van der Waals surface area contributed by atoms with Crippen molar-refractivity contribution in [1.82, 2.24) is 5.32 Å². The molecule has 2 heteroatoms. The highest BCUT2D eigenvalue weighted by molar-refractivity contribution is 6.31. The van der Waals surface area contributed by atoms with E-state index in [4.69, 9.17) is 11.6 Å². The topological polar surface area (TPSA) is 12.0 Å². The molecule has 20 heavy (non-hydrogen) atoms. The molecular weight excluding hydrogens is 266 g/mol. The van der Waals surface area contributed by atoms with E-state index >= 15 is 0 Å². The zero-order valence-corrected chi connectivity index (χ0v) is 13.2. The van der Waals surface area contributed by atoms with Crippen LogP contribution in [0.5, 0.6) is 0 Å². The van der Waals surface area contributed by atoms with E-state index in [1.165, 1.54) is 50.6 Å². The number of hydrogen-bond donors (Lipinski definition) is 1. The fourth-order valence-corrected chi connectivity index (χ4v) is 4.00. The maximum atomic E-state index is 6.27. The molecule has 1 nitrogen and oxygen atoms in total. The molecule has 0 aromatic heterocycles. The van der Waals surface area contributed by atoms with Crippen molar-refractivity contribution in [1.29, 1.82) is 0 Å². The Balaban J connectivity index is 1.39. The maximum Gasteiger partial charge on any atom is 0.0440 e. The van der Waals surface area contributed by atoms with Crippen molar-refractivity contribution < 1.29 is 0 Å². The molecule has 3 rings (SSSR count). The normalized spacial score (nSPS) is 33.7. The fraction of sp³-hybridized carbons (Fsp3) is 0.667. The van der Waals surface area contributed by atoms with Gasteiger partial charge in [0.25, 0.3) is 0 Å². The first kappa shape index (κ1) is 14.4. The Morgan fingerprint density at radius 3 is 2.50 bits per heavy atom. The monoisotopic (exact) mass is 291 g/mol. The van der Waals surface area contributed by atoms with E-state index < -0.39 is 0 Å². The summed E-state index contributed by atoms with van der Waals surface area (Å²) in [5.74, 6) is 2.55. The molecule has 0 spiro atoms. The largest absolute Gasteiger partial charge is 0.314 e. The summed E-state index contributed by atoms with van der Waals surface area (Å²) in [6.07, 6.45) is 8.22. The minimum absolute atomic E-state index is 0.674. The molecule has 110 valence electrons. The van der Waals surface area contributed by atoms with Crippen molar-refractivity contribution >= 4 is 11.6 Å². The third kappa shape index (κ3) is 3.38. The first-order chi connectivity index (χ1) is 9.72. The van der Waals surface area contributed by atoms with E-state index in [1.807, 2.05) is 12.1 Å². The van der Waals surface area contributed by atoms with Crippen molar-refractivity contribution in [3.05, 3.63) is 34.9 Å². The fourth-order valence-electron chi connectivity index (χ4n) is 3.71. The van der Waals surface area contributed by atoms with Crippen LogP contribution in [0.15, 0.2) is 24.3 Å². The Morgan fingerprint density at radius 2 is 1.80 bits per heavy atom. The molecule has 2 aliphatic rings. The van der Waals surface area contributed by atoms with Crippen LogP contribution < -0.4 is 5.32 Å². The molecule has 0 amide bonds. The average Bonchev–Trinajstić information content (AvgIpc) is 2.41. The lowest BCUT2D eigenvalue weighted by molar-refractivity contribution is 0.236. The summed E-state index contributed by atoms with van der Waals surface area (Å²) < 4.78 is 0. The van der Waals surface area contributed by atoms with E-state index in [9.17, 15) is 0 Å². The summed E-state index contributed by atoms with van der Waals surface area (Å²) in [7, 11) is 0. The van der Waals surface area contributed by atoms with Crippen molar-refractivity contribution in [2.75, 3.05) is 6.54 Å². The van der Waals surface area contributed by atoms with Crippen LogP contribution in [0.25, 0.3) is 0 Å². The highest BCUT2D eigenvalue weighted by atomic mass is 35.5. The first-order valence-electron chi connectivity index (χ1n) is 8.20. The van der Waals surface area contributed by atoms with Gasteiger partial charge in [0.2, 0.25) is 0 Å². The minimum Gasteiger partial charge on any atom is -0.314 e. The summed E-state index contributed by atoms with van der Waals surface area (Å²) in [5.41, 5.74) is 1.35. The van der Waals surface area contributed by atoms with E-state index in [-0.39, 0.29) is 0 Å². The van der Waals surface area contributed by atoms with E-state index in [1.54, 1.807) is 0 Å². The van der Waals surface area contributed by atoms with Gasteiger partial charge in [-0.1, -0.05) is 49.6 Å². The molecule has 0 aliphatic heterocycles. The summed E-state index contributed by atoms with van der Waals surface area (Å²) in [6, 6.07) is 9.04. The highest BCUT2D eigenvalue weighted by Gasteiger charge is 2.31. The van der Waals surface area contributed by atoms with Crippen molar-refractivity contribution in [2.24, 2.45) is 11.8 Å². The molecule has 0 atom stereocenters. The standard InChI is InChI=1S/C18H26ClN/c1-13-6-8-14(9-7-13)12-20-16-10-15(11-16)17-4-2-3-5-18(17)19/h2-5,13-16,20H,6-12H2,1H3. The molecular formula is C18H26ClN. The third-order valence-electron chi connectivity index (χ3n) is 5.31. The summed E-state index contributed by atoms with van der Waals surface area (Å²) in [4.78, 5) is 0. The molecule has 0 saturated heterocycles. The lowest BCUT2D eigenvalue weighted by Gasteiger charge is -2.38. The van der Waals surface area contributed by atoms with Crippen LogP contribution in [0.3, 0.4) is 0 Å². The Morgan fingerprint density at radius 1 is 1.10 bits per heavy atom. The minimum atomic E-state index is 0.674. The lowest BCUT2D eigenvalue weighted by Crippen LogP contribution is -2.42. The SMILES string of the molecule is CC1CCC(CNC2CC(c3ccccc3Cl)C2)CC1. The maximum absolute atomic E-state index is 6.27. The van der Waals surface area contributed by atoms with Gasteiger partial charge in [-0.15, -0.1) is 0 Å². The predicted molar refractivity (Wildman–Crippen MR) is 86.3 cm³/mol. The number of nitrogens with one attached hydrogen (secondary N) is 1. The average molecular weight is 292 g/mol. The molecule has 1 aromatic carbocycles. The van der Waals surface area contributed by atoms with Gasteiger partial charge in [-0.25, -0.2) is 0 Å². The highest BCUT2D eigenvalue weighted by Crippen LogP contribution is 2.40. The lowest BCUT2D eigenvalue weighted by atomic mass is 9.75. The molecule has 2 aliphatic carbocycles. The second-order valence-corrected chi connectivity index (χ2v) is 7.33. The van der Waals surface area contributed by atoms with Gasteiger partial charge < -0.3 is 5.32 Å². The van der Waals surface area contributed by atoms with Crippen LogP contribution in [-0.4, -0.2) is 12.6 Å². The Kier molecular flexibility index (Phi) is 4.68. The molecule has 1 N–H and O–H groups in total. The van der Waals surface area contributed by atoms with E-state index in [0.717, 1.165) is 22.9 Å². The molecule has 0 radical (unpaired) electrons. The van der Waals surface area contributed by atoms with Gasteiger partial charge >= 0.3 is 0 Å². The van der Waals surface area contributed by atoms with Gasteiger partial charge in [0.05, 0.1) is 0 Å². The van der Waals surface area contributed by atoms with Crippen LogP contribution in [0.1, 0.15) is 56.9 Å². The number of benzene rings is 1. The third-order valence-corrected chi connectivity index (χ3v) is 5.66. The first-order valence-corrected chi connectivity index (χ1v) is 8.58. The smallest absolute Gasteiger partial charge is 0.0440 e. The molecule has 0 heterocycles.